The Labute approximate surface area is 433 Å². The maximum Gasteiger partial charge on any atom is 0.0547 e. The number of benzene rings is 12. The van der Waals surface area contributed by atoms with Crippen LogP contribution in [0, 0.1) is 0 Å². The van der Waals surface area contributed by atoms with E-state index < -0.39 is 0 Å². The summed E-state index contributed by atoms with van der Waals surface area (Å²) in [6.07, 6.45) is 0. The van der Waals surface area contributed by atoms with E-state index in [0.29, 0.717) is 0 Å². The summed E-state index contributed by atoms with van der Waals surface area (Å²) in [6, 6.07) is 110. The van der Waals surface area contributed by atoms with Gasteiger partial charge in [-0.05, 0) is 145 Å². The number of fused-ring (bicyclic) bond motifs is 3. The van der Waals surface area contributed by atoms with Crippen molar-refractivity contribution >= 4 is 38.9 Å². The Balaban J connectivity index is 0.995. The van der Waals surface area contributed by atoms with Gasteiger partial charge in [0.25, 0.3) is 0 Å². The number of aromatic nitrogens is 1. The monoisotopic (exact) mass is 942 g/mol. The van der Waals surface area contributed by atoms with Crippen molar-refractivity contribution in [2.75, 3.05) is 4.90 Å². The lowest BCUT2D eigenvalue weighted by atomic mass is 9.88. The van der Waals surface area contributed by atoms with Crippen LogP contribution in [0.5, 0.6) is 0 Å². The predicted molar refractivity (Wildman–Crippen MR) is 314 cm³/mol. The standard InChI is InChI=1S/C72H50N2/c1-5-23-51(24-6-1)56-47-57(52-25-7-2-8-26-52)49-58(48-56)53-43-45-60(46-44-53)73(69-40-19-17-37-67(69)66-36-16-15-35-65(66)64-34-14-13-33-62(64)54-27-9-3-10-28-54)61-32-21-29-55(50-61)63-39-22-42-71-72(63)68-38-18-20-41-70(68)74(71)59-30-11-4-12-31-59/h1-50H. The zero-order chi connectivity index (χ0) is 49.2. The van der Waals surface area contributed by atoms with Crippen LogP contribution < -0.4 is 4.90 Å². The van der Waals surface area contributed by atoms with Crippen molar-refractivity contribution in [3.63, 3.8) is 0 Å². The molecular formula is C72H50N2. The number of hydrogen-bond acceptors (Lipinski definition) is 1. The van der Waals surface area contributed by atoms with Gasteiger partial charge in [0.15, 0.2) is 0 Å². The van der Waals surface area contributed by atoms with Crippen LogP contribution in [0.4, 0.5) is 17.1 Å². The van der Waals surface area contributed by atoms with Crippen molar-refractivity contribution in [3.8, 4) is 83.6 Å². The SMILES string of the molecule is c1ccc(-c2cc(-c3ccccc3)cc(-c3ccc(N(c4cccc(-c5cccc6c5c5ccccc5n6-c5ccccc5)c4)c4ccccc4-c4ccccc4-c4ccccc4-c4ccccc4)cc3)c2)cc1. The fourth-order valence-electron chi connectivity index (χ4n) is 11.0. The molecule has 0 aliphatic carbocycles. The lowest BCUT2D eigenvalue weighted by molar-refractivity contribution is 1.18. The lowest BCUT2D eigenvalue weighted by Crippen LogP contribution is -2.11. The maximum absolute atomic E-state index is 2.45. The summed E-state index contributed by atoms with van der Waals surface area (Å²) in [5.74, 6) is 0. The van der Waals surface area contributed by atoms with Crippen molar-refractivity contribution in [1.29, 1.82) is 0 Å². The summed E-state index contributed by atoms with van der Waals surface area (Å²) in [5, 5.41) is 2.46. The molecule has 2 nitrogen and oxygen atoms in total. The number of para-hydroxylation sites is 3. The molecular weight excluding hydrogens is 893 g/mol. The second-order valence-electron chi connectivity index (χ2n) is 18.8. The van der Waals surface area contributed by atoms with E-state index in [1.807, 2.05) is 0 Å². The van der Waals surface area contributed by atoms with Crippen LogP contribution in [-0.4, -0.2) is 4.57 Å². The average Bonchev–Trinajstić information content (AvgIpc) is 3.83. The van der Waals surface area contributed by atoms with Gasteiger partial charge in [0.05, 0.1) is 16.7 Å². The highest BCUT2D eigenvalue weighted by Crippen LogP contribution is 2.47. The third-order valence-electron chi connectivity index (χ3n) is 14.4. The van der Waals surface area contributed by atoms with Gasteiger partial charge < -0.3 is 9.47 Å². The Morgan fingerprint density at radius 2 is 0.662 bits per heavy atom. The van der Waals surface area contributed by atoms with E-state index in [0.717, 1.165) is 45.0 Å². The molecule has 0 saturated carbocycles. The molecule has 1 heterocycles. The van der Waals surface area contributed by atoms with Crippen LogP contribution in [0.1, 0.15) is 0 Å². The smallest absolute Gasteiger partial charge is 0.0547 e. The van der Waals surface area contributed by atoms with E-state index in [9.17, 15) is 0 Å². The minimum Gasteiger partial charge on any atom is -0.310 e. The van der Waals surface area contributed by atoms with Crippen LogP contribution in [0.2, 0.25) is 0 Å². The Morgan fingerprint density at radius 1 is 0.230 bits per heavy atom. The van der Waals surface area contributed by atoms with Crippen molar-refractivity contribution in [2.24, 2.45) is 0 Å². The molecule has 0 fully saturated rings. The molecule has 1 aromatic heterocycles. The van der Waals surface area contributed by atoms with Gasteiger partial charge in [-0.3, -0.25) is 0 Å². The highest BCUT2D eigenvalue weighted by Gasteiger charge is 2.22. The molecule has 13 aromatic rings. The average molecular weight is 943 g/mol. The normalized spacial score (nSPS) is 11.2. The van der Waals surface area contributed by atoms with E-state index in [2.05, 4.69) is 313 Å². The molecule has 0 aliphatic rings. The first-order valence-electron chi connectivity index (χ1n) is 25.4. The van der Waals surface area contributed by atoms with Gasteiger partial charge in [0.2, 0.25) is 0 Å². The zero-order valence-electron chi connectivity index (χ0n) is 40.8. The molecule has 0 aliphatic heterocycles. The van der Waals surface area contributed by atoms with Crippen molar-refractivity contribution < 1.29 is 0 Å². The summed E-state index contributed by atoms with van der Waals surface area (Å²) >= 11 is 0. The van der Waals surface area contributed by atoms with Gasteiger partial charge in [-0.25, -0.2) is 0 Å². The second kappa shape index (κ2) is 19.4. The number of nitrogens with zero attached hydrogens (tertiary/aromatic N) is 2. The first kappa shape index (κ1) is 44.2. The Kier molecular flexibility index (Phi) is 11.6. The summed E-state index contributed by atoms with van der Waals surface area (Å²) in [5.41, 5.74) is 23.2. The maximum atomic E-state index is 2.45. The van der Waals surface area contributed by atoms with Crippen molar-refractivity contribution in [2.45, 2.75) is 0 Å². The summed E-state index contributed by atoms with van der Waals surface area (Å²) in [6.45, 7) is 0. The molecule has 74 heavy (non-hydrogen) atoms. The van der Waals surface area contributed by atoms with E-state index in [1.165, 1.54) is 77.4 Å². The largest absolute Gasteiger partial charge is 0.310 e. The molecule has 13 rings (SSSR count). The lowest BCUT2D eigenvalue weighted by Gasteiger charge is -2.29. The molecule has 0 N–H and O–H groups in total. The molecule has 0 saturated heterocycles. The van der Waals surface area contributed by atoms with E-state index in [4.69, 9.17) is 0 Å². The number of hydrogen-bond donors (Lipinski definition) is 0. The third kappa shape index (κ3) is 8.25. The summed E-state index contributed by atoms with van der Waals surface area (Å²) < 4.78 is 2.40. The van der Waals surface area contributed by atoms with Crippen LogP contribution in [0.15, 0.2) is 303 Å². The minimum atomic E-state index is 1.06. The molecule has 348 valence electrons. The molecule has 0 amide bonds. The van der Waals surface area contributed by atoms with Gasteiger partial charge in [-0.2, -0.15) is 0 Å². The van der Waals surface area contributed by atoms with E-state index >= 15 is 0 Å². The van der Waals surface area contributed by atoms with Crippen LogP contribution in [-0.2, 0) is 0 Å². The first-order chi connectivity index (χ1) is 36.7. The third-order valence-corrected chi connectivity index (χ3v) is 14.4. The van der Waals surface area contributed by atoms with E-state index in [-0.39, 0.29) is 0 Å². The highest BCUT2D eigenvalue weighted by molar-refractivity contribution is 6.16. The van der Waals surface area contributed by atoms with Gasteiger partial charge in [-0.1, -0.05) is 231 Å². The topological polar surface area (TPSA) is 8.17 Å². The Morgan fingerprint density at radius 3 is 1.30 bits per heavy atom. The van der Waals surface area contributed by atoms with Gasteiger partial charge in [0.1, 0.15) is 0 Å². The molecule has 0 radical (unpaired) electrons. The van der Waals surface area contributed by atoms with Gasteiger partial charge >= 0.3 is 0 Å². The van der Waals surface area contributed by atoms with Crippen LogP contribution in [0.25, 0.3) is 105 Å². The molecule has 0 atom stereocenters. The molecule has 2 heteroatoms. The second-order valence-corrected chi connectivity index (χ2v) is 18.8. The molecule has 12 aromatic carbocycles. The Bertz CT molecular complexity index is 4040. The van der Waals surface area contributed by atoms with Gasteiger partial charge in [-0.15, -0.1) is 0 Å². The molecule has 0 bridgehead atoms. The molecule has 0 spiro atoms. The van der Waals surface area contributed by atoms with Crippen molar-refractivity contribution in [3.05, 3.63) is 303 Å². The predicted octanol–water partition coefficient (Wildman–Crippen LogP) is 19.9. The minimum absolute atomic E-state index is 1.06. The van der Waals surface area contributed by atoms with Crippen molar-refractivity contribution in [1.82, 2.24) is 4.57 Å². The van der Waals surface area contributed by atoms with Gasteiger partial charge in [0, 0.05) is 33.4 Å². The quantitative estimate of drug-likeness (QED) is 0.125. The van der Waals surface area contributed by atoms with E-state index in [1.54, 1.807) is 0 Å². The number of anilines is 3. The Hall–Kier alpha value is -9.76. The van der Waals surface area contributed by atoms with Crippen LogP contribution in [0.3, 0.4) is 0 Å². The molecule has 0 unspecified atom stereocenters. The van der Waals surface area contributed by atoms with Crippen LogP contribution >= 0.6 is 0 Å². The fourth-order valence-corrected chi connectivity index (χ4v) is 11.0. The number of rotatable bonds is 11. The highest BCUT2D eigenvalue weighted by atomic mass is 15.1. The summed E-state index contributed by atoms with van der Waals surface area (Å²) in [4.78, 5) is 2.45. The zero-order valence-corrected chi connectivity index (χ0v) is 40.8. The first-order valence-corrected chi connectivity index (χ1v) is 25.4. The fraction of sp³-hybridized carbons (Fsp3) is 0. The summed E-state index contributed by atoms with van der Waals surface area (Å²) in [7, 11) is 0.